The summed E-state index contributed by atoms with van der Waals surface area (Å²) in [7, 11) is 1.48. The van der Waals surface area contributed by atoms with E-state index in [0.29, 0.717) is 27.1 Å². The molecule has 0 radical (unpaired) electrons. The predicted octanol–water partition coefficient (Wildman–Crippen LogP) is 4.61. The van der Waals surface area contributed by atoms with Crippen molar-refractivity contribution in [1.29, 1.82) is 5.26 Å². The molecule has 2 rings (SSSR count). The van der Waals surface area contributed by atoms with Gasteiger partial charge in [0.2, 0.25) is 0 Å². The maximum absolute atomic E-state index is 13.8. The number of rotatable bonds is 7. The summed E-state index contributed by atoms with van der Waals surface area (Å²) in [4.78, 5) is 12.1. The number of hydrogen-bond donors (Lipinski definition) is 1. The van der Waals surface area contributed by atoms with Gasteiger partial charge in [0.1, 0.15) is 24.1 Å². The highest BCUT2D eigenvalue weighted by Crippen LogP contribution is 2.35. The Morgan fingerprint density at radius 1 is 1.32 bits per heavy atom. The fourth-order valence-electron chi connectivity index (χ4n) is 2.35. The topological polar surface area (TPSA) is 71.3 Å². The van der Waals surface area contributed by atoms with Crippen molar-refractivity contribution >= 4 is 27.9 Å². The number of nitriles is 1. The molecule has 5 nitrogen and oxygen atoms in total. The molecular formula is C21H20BrFN2O3. The summed E-state index contributed by atoms with van der Waals surface area (Å²) in [6.45, 7) is 3.66. The summed E-state index contributed by atoms with van der Waals surface area (Å²) in [6.07, 6.45) is 1.46. The lowest BCUT2D eigenvalue weighted by Gasteiger charge is -2.13. The Labute approximate surface area is 171 Å². The third kappa shape index (κ3) is 5.57. The molecule has 1 N–H and O–H groups in total. The second-order valence-electron chi connectivity index (χ2n) is 6.20. The summed E-state index contributed by atoms with van der Waals surface area (Å²) in [6, 6.07) is 11.5. The molecule has 0 saturated carbocycles. The molecule has 0 unspecified atom stereocenters. The van der Waals surface area contributed by atoms with Gasteiger partial charge in [-0.3, -0.25) is 4.79 Å². The Morgan fingerprint density at radius 3 is 2.64 bits per heavy atom. The molecule has 0 aliphatic carbocycles. The molecule has 1 amide bonds. The van der Waals surface area contributed by atoms with Crippen molar-refractivity contribution in [3.8, 4) is 17.6 Å². The fourth-order valence-corrected chi connectivity index (χ4v) is 2.79. The number of nitrogens with zero attached hydrogens (tertiary/aromatic N) is 1. The zero-order valence-corrected chi connectivity index (χ0v) is 17.3. The van der Waals surface area contributed by atoms with E-state index in [9.17, 15) is 14.4 Å². The molecule has 7 heteroatoms. The van der Waals surface area contributed by atoms with Gasteiger partial charge in [-0.15, -0.1) is 0 Å². The van der Waals surface area contributed by atoms with Crippen LogP contribution in [0.3, 0.4) is 0 Å². The van der Waals surface area contributed by atoms with Gasteiger partial charge in [-0.05, 0) is 43.7 Å². The number of halogens is 2. The number of ether oxygens (including phenoxy) is 2. The minimum atomic E-state index is -0.455. The van der Waals surface area contributed by atoms with E-state index in [1.54, 1.807) is 30.3 Å². The van der Waals surface area contributed by atoms with Gasteiger partial charge in [-0.1, -0.05) is 34.1 Å². The van der Waals surface area contributed by atoms with E-state index in [0.717, 1.165) is 0 Å². The van der Waals surface area contributed by atoms with E-state index in [2.05, 4.69) is 21.2 Å². The number of hydrogen-bond acceptors (Lipinski definition) is 4. The third-order valence-corrected chi connectivity index (χ3v) is 4.40. The first kappa shape index (κ1) is 21.5. The number of amides is 1. The van der Waals surface area contributed by atoms with Gasteiger partial charge in [-0.2, -0.15) is 5.26 Å². The largest absolute Gasteiger partial charge is 0.493 e. The molecule has 28 heavy (non-hydrogen) atoms. The molecule has 0 aromatic heterocycles. The average Bonchev–Trinajstić information content (AvgIpc) is 2.65. The summed E-state index contributed by atoms with van der Waals surface area (Å²) >= 11 is 3.41. The summed E-state index contributed by atoms with van der Waals surface area (Å²) in [5, 5.41) is 12.0. The highest BCUT2D eigenvalue weighted by atomic mass is 79.9. The number of nitrogens with one attached hydrogen (secondary N) is 1. The fraction of sp³-hybridized carbons (Fsp3) is 0.238. The molecule has 146 valence electrons. The molecule has 2 aromatic carbocycles. The van der Waals surface area contributed by atoms with Crippen molar-refractivity contribution in [3.05, 3.63) is 63.4 Å². The zero-order chi connectivity index (χ0) is 20.7. The standard InChI is InChI=1S/C21H20BrFN2O3/c1-13(2)25-21(26)16(11-24)8-15-9-19(27-3)20(10-17(15)22)28-12-14-6-4-5-7-18(14)23/h4-10,13H,12H2,1-3H3,(H,25,26)/b16-8-. The van der Waals surface area contributed by atoms with Gasteiger partial charge in [0, 0.05) is 16.1 Å². The van der Waals surface area contributed by atoms with Crippen LogP contribution in [0.15, 0.2) is 46.4 Å². The molecule has 0 aliphatic heterocycles. The highest BCUT2D eigenvalue weighted by Gasteiger charge is 2.14. The molecule has 0 atom stereocenters. The maximum atomic E-state index is 13.8. The second-order valence-corrected chi connectivity index (χ2v) is 7.06. The Balaban J connectivity index is 2.30. The van der Waals surface area contributed by atoms with Gasteiger partial charge in [-0.25, -0.2) is 4.39 Å². The first-order valence-corrected chi connectivity index (χ1v) is 9.31. The minimum absolute atomic E-state index is 0.0310. The van der Waals surface area contributed by atoms with Crippen LogP contribution < -0.4 is 14.8 Å². The lowest BCUT2D eigenvalue weighted by Crippen LogP contribution is -2.30. The van der Waals surface area contributed by atoms with E-state index in [4.69, 9.17) is 9.47 Å². The zero-order valence-electron chi connectivity index (χ0n) is 15.8. The van der Waals surface area contributed by atoms with Crippen LogP contribution in [0.4, 0.5) is 4.39 Å². The first-order chi connectivity index (χ1) is 13.3. The van der Waals surface area contributed by atoms with E-state index >= 15 is 0 Å². The van der Waals surface area contributed by atoms with Crippen molar-refractivity contribution in [1.82, 2.24) is 5.32 Å². The molecule has 0 aliphatic rings. The van der Waals surface area contributed by atoms with Gasteiger partial charge in [0.25, 0.3) is 5.91 Å². The summed E-state index contributed by atoms with van der Waals surface area (Å²) in [5.74, 6) is -0.00887. The van der Waals surface area contributed by atoms with Crippen LogP contribution in [0.5, 0.6) is 11.5 Å². The van der Waals surface area contributed by atoms with Gasteiger partial charge in [0.15, 0.2) is 11.5 Å². The van der Waals surface area contributed by atoms with Gasteiger partial charge >= 0.3 is 0 Å². The lowest BCUT2D eigenvalue weighted by molar-refractivity contribution is -0.117. The van der Waals surface area contributed by atoms with Crippen molar-refractivity contribution in [2.45, 2.75) is 26.5 Å². The van der Waals surface area contributed by atoms with Crippen molar-refractivity contribution in [2.24, 2.45) is 0 Å². The van der Waals surface area contributed by atoms with Crippen LogP contribution in [0, 0.1) is 17.1 Å². The normalized spacial score (nSPS) is 11.1. The third-order valence-electron chi connectivity index (χ3n) is 3.71. The van der Waals surface area contributed by atoms with Crippen LogP contribution in [0.1, 0.15) is 25.0 Å². The Kier molecular flexibility index (Phi) is 7.59. The van der Waals surface area contributed by atoms with E-state index < -0.39 is 5.91 Å². The molecule has 0 saturated heterocycles. The SMILES string of the molecule is COc1cc(/C=C(/C#N)C(=O)NC(C)C)c(Br)cc1OCc1ccccc1F. The molecule has 0 fully saturated rings. The number of methoxy groups -OCH3 is 1. The van der Waals surface area contributed by atoms with Crippen molar-refractivity contribution < 1.29 is 18.7 Å². The summed E-state index contributed by atoms with van der Waals surface area (Å²) < 4.78 is 25.4. The lowest BCUT2D eigenvalue weighted by atomic mass is 10.1. The maximum Gasteiger partial charge on any atom is 0.262 e. The minimum Gasteiger partial charge on any atom is -0.493 e. The second kappa shape index (κ2) is 9.90. The van der Waals surface area contributed by atoms with Gasteiger partial charge < -0.3 is 14.8 Å². The van der Waals surface area contributed by atoms with Crippen LogP contribution in [0.2, 0.25) is 0 Å². The number of benzene rings is 2. The summed E-state index contributed by atoms with van der Waals surface area (Å²) in [5.41, 5.74) is 0.962. The Bertz CT molecular complexity index is 936. The highest BCUT2D eigenvalue weighted by molar-refractivity contribution is 9.10. The number of carbonyl (C=O) groups is 1. The van der Waals surface area contributed by atoms with Crippen LogP contribution >= 0.6 is 15.9 Å². The predicted molar refractivity (Wildman–Crippen MR) is 108 cm³/mol. The molecule has 0 bridgehead atoms. The van der Waals surface area contributed by atoms with Crippen LogP contribution in [0.25, 0.3) is 6.08 Å². The number of carbonyl (C=O) groups excluding carboxylic acids is 1. The van der Waals surface area contributed by atoms with Crippen molar-refractivity contribution in [2.75, 3.05) is 7.11 Å². The van der Waals surface area contributed by atoms with E-state index in [1.807, 2.05) is 19.9 Å². The molecule has 0 heterocycles. The van der Waals surface area contributed by atoms with E-state index in [1.165, 1.54) is 19.3 Å². The van der Waals surface area contributed by atoms with Gasteiger partial charge in [0.05, 0.1) is 7.11 Å². The average molecular weight is 447 g/mol. The molecule has 2 aromatic rings. The first-order valence-electron chi connectivity index (χ1n) is 8.52. The molecule has 0 spiro atoms. The monoisotopic (exact) mass is 446 g/mol. The molecular weight excluding hydrogens is 427 g/mol. The van der Waals surface area contributed by atoms with Crippen molar-refractivity contribution in [3.63, 3.8) is 0 Å². The van der Waals surface area contributed by atoms with E-state index in [-0.39, 0.29) is 24.0 Å². The quantitative estimate of drug-likeness (QED) is 0.497. The van der Waals surface area contributed by atoms with Crippen LogP contribution in [-0.2, 0) is 11.4 Å². The Morgan fingerprint density at radius 2 is 2.04 bits per heavy atom. The smallest absolute Gasteiger partial charge is 0.262 e. The Hall–Kier alpha value is -2.85. The van der Waals surface area contributed by atoms with Crippen LogP contribution in [-0.4, -0.2) is 19.1 Å².